The van der Waals surface area contributed by atoms with Crippen LogP contribution in [0.1, 0.15) is 90.4 Å². The Morgan fingerprint density at radius 3 is 2.29 bits per heavy atom. The van der Waals surface area contributed by atoms with Crippen molar-refractivity contribution < 1.29 is 4.74 Å². The second kappa shape index (κ2) is 10.6. The molecule has 0 aromatic rings. The molecule has 2 unspecified atom stereocenters. The van der Waals surface area contributed by atoms with Gasteiger partial charge in [0.05, 0.1) is 12.2 Å². The molecule has 0 amide bonds. The summed E-state index contributed by atoms with van der Waals surface area (Å²) >= 11 is 0. The Morgan fingerprint density at radius 2 is 1.52 bits per heavy atom. The Labute approximate surface area is 132 Å². The zero-order valence-corrected chi connectivity index (χ0v) is 14.2. The molecule has 0 aromatic carbocycles. The minimum absolute atomic E-state index is 0.487. The summed E-state index contributed by atoms with van der Waals surface area (Å²) in [5.41, 5.74) is 0. The maximum Gasteiger partial charge on any atom is 0.0706 e. The van der Waals surface area contributed by atoms with Crippen LogP contribution in [0.2, 0.25) is 0 Å². The fourth-order valence-corrected chi connectivity index (χ4v) is 4.03. The van der Waals surface area contributed by atoms with Gasteiger partial charge in [0.15, 0.2) is 0 Å². The molecule has 2 rings (SSSR count). The number of morpholine rings is 1. The van der Waals surface area contributed by atoms with E-state index in [1.165, 1.54) is 83.5 Å². The van der Waals surface area contributed by atoms with E-state index in [2.05, 4.69) is 12.2 Å². The van der Waals surface area contributed by atoms with Crippen LogP contribution in [0.15, 0.2) is 0 Å². The number of ether oxygens (including phenoxy) is 1. The molecule has 21 heavy (non-hydrogen) atoms. The third-order valence-corrected chi connectivity index (χ3v) is 5.33. The molecular formula is C19H37NO. The van der Waals surface area contributed by atoms with Crippen molar-refractivity contribution in [1.29, 1.82) is 0 Å². The van der Waals surface area contributed by atoms with E-state index < -0.39 is 0 Å². The highest BCUT2D eigenvalue weighted by Crippen LogP contribution is 2.30. The molecule has 0 bridgehead atoms. The van der Waals surface area contributed by atoms with Gasteiger partial charge in [0, 0.05) is 13.1 Å². The van der Waals surface area contributed by atoms with Gasteiger partial charge < -0.3 is 10.1 Å². The summed E-state index contributed by atoms with van der Waals surface area (Å²) in [4.78, 5) is 0. The number of rotatable bonds is 10. The van der Waals surface area contributed by atoms with Gasteiger partial charge in [-0.15, -0.1) is 0 Å². The van der Waals surface area contributed by atoms with Gasteiger partial charge in [-0.2, -0.15) is 0 Å². The second-order valence-corrected chi connectivity index (χ2v) is 7.33. The predicted molar refractivity (Wildman–Crippen MR) is 90.7 cm³/mol. The number of unbranched alkanes of at least 4 members (excludes halogenated alkanes) is 6. The summed E-state index contributed by atoms with van der Waals surface area (Å²) in [5, 5.41) is 3.60. The molecule has 0 spiro atoms. The molecular weight excluding hydrogens is 258 g/mol. The molecule has 1 saturated carbocycles. The van der Waals surface area contributed by atoms with E-state index in [0.29, 0.717) is 12.2 Å². The van der Waals surface area contributed by atoms with Crippen LogP contribution < -0.4 is 5.32 Å². The van der Waals surface area contributed by atoms with Crippen LogP contribution in [0.4, 0.5) is 0 Å². The quantitative estimate of drug-likeness (QED) is 0.568. The first kappa shape index (κ1) is 17.3. The van der Waals surface area contributed by atoms with Crippen LogP contribution in [0.3, 0.4) is 0 Å². The lowest BCUT2D eigenvalue weighted by molar-refractivity contribution is -0.0511. The summed E-state index contributed by atoms with van der Waals surface area (Å²) in [5.74, 6) is 0.953. The molecule has 2 fully saturated rings. The van der Waals surface area contributed by atoms with Crippen molar-refractivity contribution in [2.75, 3.05) is 13.1 Å². The van der Waals surface area contributed by atoms with Gasteiger partial charge in [-0.1, -0.05) is 77.6 Å². The highest BCUT2D eigenvalue weighted by molar-refractivity contribution is 4.79. The van der Waals surface area contributed by atoms with Gasteiger partial charge >= 0.3 is 0 Å². The van der Waals surface area contributed by atoms with Crippen LogP contribution in [0, 0.1) is 5.92 Å². The smallest absolute Gasteiger partial charge is 0.0706 e. The van der Waals surface area contributed by atoms with Gasteiger partial charge in [-0.3, -0.25) is 0 Å². The molecule has 124 valence electrons. The minimum Gasteiger partial charge on any atom is -0.372 e. The zero-order valence-electron chi connectivity index (χ0n) is 14.2. The fraction of sp³-hybridized carbons (Fsp3) is 1.00. The van der Waals surface area contributed by atoms with E-state index in [1.807, 2.05) is 0 Å². The average Bonchev–Trinajstić information content (AvgIpc) is 3.00. The molecule has 2 atom stereocenters. The molecule has 2 aliphatic rings. The molecule has 2 heteroatoms. The lowest BCUT2D eigenvalue weighted by Crippen LogP contribution is -2.45. The van der Waals surface area contributed by atoms with Gasteiger partial charge in [-0.05, 0) is 18.8 Å². The van der Waals surface area contributed by atoms with E-state index in [-0.39, 0.29) is 0 Å². The van der Waals surface area contributed by atoms with Crippen LogP contribution in [-0.2, 0) is 4.74 Å². The number of hydrogen-bond donors (Lipinski definition) is 1. The Kier molecular flexibility index (Phi) is 8.73. The molecule has 2 nitrogen and oxygen atoms in total. The minimum atomic E-state index is 0.487. The summed E-state index contributed by atoms with van der Waals surface area (Å²) in [7, 11) is 0. The lowest BCUT2D eigenvalue weighted by atomic mass is 9.98. The average molecular weight is 296 g/mol. The molecule has 1 aliphatic heterocycles. The van der Waals surface area contributed by atoms with E-state index in [1.54, 1.807) is 0 Å². The summed E-state index contributed by atoms with van der Waals surface area (Å²) in [6.45, 7) is 4.45. The Bertz CT molecular complexity index is 250. The van der Waals surface area contributed by atoms with Crippen molar-refractivity contribution in [2.45, 2.75) is 103 Å². The summed E-state index contributed by atoms with van der Waals surface area (Å²) in [6.07, 6.45) is 19.2. The third kappa shape index (κ3) is 7.15. The predicted octanol–water partition coefficient (Wildman–Crippen LogP) is 5.06. The lowest BCUT2D eigenvalue weighted by Gasteiger charge is -2.32. The Hall–Kier alpha value is -0.0800. The van der Waals surface area contributed by atoms with Gasteiger partial charge in [-0.25, -0.2) is 0 Å². The van der Waals surface area contributed by atoms with Gasteiger partial charge in [0.25, 0.3) is 0 Å². The van der Waals surface area contributed by atoms with Crippen molar-refractivity contribution >= 4 is 0 Å². The maximum atomic E-state index is 6.33. The van der Waals surface area contributed by atoms with Gasteiger partial charge in [0.1, 0.15) is 0 Å². The topological polar surface area (TPSA) is 21.3 Å². The fourth-order valence-electron chi connectivity index (χ4n) is 4.03. The van der Waals surface area contributed by atoms with E-state index in [0.717, 1.165) is 19.0 Å². The first-order valence-electron chi connectivity index (χ1n) is 9.74. The third-order valence-electron chi connectivity index (χ3n) is 5.33. The van der Waals surface area contributed by atoms with Crippen LogP contribution >= 0.6 is 0 Å². The summed E-state index contributed by atoms with van der Waals surface area (Å²) < 4.78 is 6.33. The van der Waals surface area contributed by atoms with E-state index >= 15 is 0 Å². The maximum absolute atomic E-state index is 6.33. The molecule has 1 saturated heterocycles. The summed E-state index contributed by atoms with van der Waals surface area (Å²) in [6, 6.07) is 0. The van der Waals surface area contributed by atoms with Crippen molar-refractivity contribution in [1.82, 2.24) is 5.32 Å². The highest BCUT2D eigenvalue weighted by atomic mass is 16.5. The van der Waals surface area contributed by atoms with Crippen LogP contribution in [0.5, 0.6) is 0 Å². The van der Waals surface area contributed by atoms with Crippen molar-refractivity contribution in [3.63, 3.8) is 0 Å². The second-order valence-electron chi connectivity index (χ2n) is 7.33. The normalized spacial score (nSPS) is 27.3. The zero-order chi connectivity index (χ0) is 14.8. The van der Waals surface area contributed by atoms with Crippen molar-refractivity contribution in [3.05, 3.63) is 0 Å². The molecule has 0 aromatic heterocycles. The van der Waals surface area contributed by atoms with Crippen molar-refractivity contribution in [3.8, 4) is 0 Å². The van der Waals surface area contributed by atoms with Crippen LogP contribution in [0.25, 0.3) is 0 Å². The molecule has 0 radical (unpaired) electrons. The number of nitrogens with one attached hydrogen (secondary N) is 1. The first-order valence-corrected chi connectivity index (χ1v) is 9.74. The largest absolute Gasteiger partial charge is 0.372 e. The number of hydrogen-bond acceptors (Lipinski definition) is 2. The van der Waals surface area contributed by atoms with Crippen molar-refractivity contribution in [2.24, 2.45) is 5.92 Å². The van der Waals surface area contributed by atoms with Crippen LogP contribution in [-0.4, -0.2) is 25.3 Å². The van der Waals surface area contributed by atoms with E-state index in [9.17, 15) is 0 Å². The Morgan fingerprint density at radius 1 is 0.857 bits per heavy atom. The van der Waals surface area contributed by atoms with Gasteiger partial charge in [0.2, 0.25) is 0 Å². The van der Waals surface area contributed by atoms with E-state index in [4.69, 9.17) is 4.74 Å². The standard InChI is InChI=1S/C19H37NO/c1-2-3-4-5-6-7-8-13-18-15-20-16-19(21-18)14-17-11-9-10-12-17/h17-20H,2-16H2,1H3. The SMILES string of the molecule is CCCCCCCCCC1CNCC(CC2CCCC2)O1. The molecule has 1 heterocycles. The Balaban J connectivity index is 1.50. The molecule has 1 aliphatic carbocycles. The monoisotopic (exact) mass is 295 g/mol. The molecule has 1 N–H and O–H groups in total. The highest BCUT2D eigenvalue weighted by Gasteiger charge is 2.25. The first-order chi connectivity index (χ1) is 10.4.